The Labute approximate surface area is 423 Å². The van der Waals surface area contributed by atoms with E-state index in [0.29, 0.717) is 19.3 Å². The first-order valence-electron chi connectivity index (χ1n) is 30.0. The summed E-state index contributed by atoms with van der Waals surface area (Å²) in [5.74, 6) is -0.890. The van der Waals surface area contributed by atoms with Gasteiger partial charge in [0.1, 0.15) is 13.2 Å². The Morgan fingerprint density at radius 3 is 0.897 bits per heavy atom. The Morgan fingerprint density at radius 1 is 0.309 bits per heavy atom. The van der Waals surface area contributed by atoms with E-state index in [-0.39, 0.29) is 31.1 Å². The first-order valence-corrected chi connectivity index (χ1v) is 30.0. The molecule has 0 rings (SSSR count). The summed E-state index contributed by atoms with van der Waals surface area (Å²) in [6.45, 7) is 6.55. The summed E-state index contributed by atoms with van der Waals surface area (Å²) in [6.07, 6.45) is 68.7. The molecule has 0 amide bonds. The molecule has 0 spiro atoms. The van der Waals surface area contributed by atoms with Crippen molar-refractivity contribution < 1.29 is 28.6 Å². The molecule has 398 valence electrons. The SMILES string of the molecule is CC/C=C\C/C=C\C/C=C\CCCCCC(=O)OC(COC(=O)CCCCCCCCCCCCCCC)COC(=O)CCCCCCCCCCCCCCCCCCCCCCCCCC. The maximum Gasteiger partial charge on any atom is 0.306 e. The summed E-state index contributed by atoms with van der Waals surface area (Å²) >= 11 is 0. The van der Waals surface area contributed by atoms with Crippen molar-refractivity contribution in [2.24, 2.45) is 0 Å². The minimum atomic E-state index is -0.783. The maximum absolute atomic E-state index is 12.8. The summed E-state index contributed by atoms with van der Waals surface area (Å²) in [6, 6.07) is 0. The van der Waals surface area contributed by atoms with E-state index in [2.05, 4.69) is 57.2 Å². The van der Waals surface area contributed by atoms with E-state index in [4.69, 9.17) is 14.2 Å². The monoisotopic (exact) mass is 955 g/mol. The molecule has 0 aliphatic rings. The molecule has 0 aromatic rings. The number of esters is 3. The maximum atomic E-state index is 12.8. The molecule has 0 aromatic carbocycles. The van der Waals surface area contributed by atoms with Crippen molar-refractivity contribution in [3.8, 4) is 0 Å². The van der Waals surface area contributed by atoms with Crippen molar-refractivity contribution in [3.63, 3.8) is 0 Å². The van der Waals surface area contributed by atoms with Crippen LogP contribution in [0.5, 0.6) is 0 Å². The van der Waals surface area contributed by atoms with Crippen molar-refractivity contribution in [2.75, 3.05) is 13.2 Å². The number of rotatable bonds is 55. The fraction of sp³-hybridized carbons (Fsp3) is 0.855. The van der Waals surface area contributed by atoms with Crippen molar-refractivity contribution >= 4 is 17.9 Å². The van der Waals surface area contributed by atoms with E-state index in [1.165, 1.54) is 199 Å². The molecule has 0 aliphatic heterocycles. The average Bonchev–Trinajstić information content (AvgIpc) is 3.34. The molecular formula is C62H114O6. The van der Waals surface area contributed by atoms with Crippen LogP contribution in [0.25, 0.3) is 0 Å². The van der Waals surface area contributed by atoms with E-state index >= 15 is 0 Å². The molecule has 0 saturated heterocycles. The predicted octanol–water partition coefficient (Wildman–Crippen LogP) is 20.0. The van der Waals surface area contributed by atoms with Gasteiger partial charge in [-0.3, -0.25) is 14.4 Å². The van der Waals surface area contributed by atoms with Crippen molar-refractivity contribution in [2.45, 2.75) is 329 Å². The van der Waals surface area contributed by atoms with Crippen LogP contribution in [-0.4, -0.2) is 37.2 Å². The lowest BCUT2D eigenvalue weighted by molar-refractivity contribution is -0.167. The van der Waals surface area contributed by atoms with Gasteiger partial charge in [0.2, 0.25) is 0 Å². The van der Waals surface area contributed by atoms with Crippen LogP contribution in [0.1, 0.15) is 323 Å². The third-order valence-corrected chi connectivity index (χ3v) is 13.4. The molecule has 0 radical (unpaired) electrons. The first kappa shape index (κ1) is 65.6. The van der Waals surface area contributed by atoms with Crippen LogP contribution in [0, 0.1) is 0 Å². The Morgan fingerprint density at radius 2 is 0.574 bits per heavy atom. The van der Waals surface area contributed by atoms with E-state index in [1.807, 2.05) is 0 Å². The highest BCUT2D eigenvalue weighted by atomic mass is 16.6. The fourth-order valence-corrected chi connectivity index (χ4v) is 8.93. The van der Waals surface area contributed by atoms with Crippen LogP contribution >= 0.6 is 0 Å². The van der Waals surface area contributed by atoms with Gasteiger partial charge in [-0.1, -0.05) is 288 Å². The summed E-state index contributed by atoms with van der Waals surface area (Å²) < 4.78 is 16.8. The molecule has 0 N–H and O–H groups in total. The Balaban J connectivity index is 4.22. The fourth-order valence-electron chi connectivity index (χ4n) is 8.93. The Bertz CT molecular complexity index is 1140. The summed E-state index contributed by atoms with van der Waals surface area (Å²) in [7, 11) is 0. The number of hydrogen-bond donors (Lipinski definition) is 0. The molecule has 1 unspecified atom stereocenters. The van der Waals surface area contributed by atoms with E-state index < -0.39 is 6.10 Å². The van der Waals surface area contributed by atoms with Crippen LogP contribution < -0.4 is 0 Å². The molecule has 0 bridgehead atoms. The van der Waals surface area contributed by atoms with E-state index in [1.54, 1.807) is 0 Å². The molecule has 0 heterocycles. The summed E-state index contributed by atoms with van der Waals surface area (Å²) in [4.78, 5) is 38.1. The number of carbonyl (C=O) groups excluding carboxylic acids is 3. The zero-order chi connectivity index (χ0) is 49.3. The smallest absolute Gasteiger partial charge is 0.306 e. The van der Waals surface area contributed by atoms with Gasteiger partial charge in [-0.2, -0.15) is 0 Å². The Kier molecular flexibility index (Phi) is 55.2. The number of ether oxygens (including phenoxy) is 3. The lowest BCUT2D eigenvalue weighted by atomic mass is 10.0. The van der Waals surface area contributed by atoms with E-state index in [9.17, 15) is 14.4 Å². The number of unbranched alkanes of at least 4 members (excludes halogenated alkanes) is 38. The summed E-state index contributed by atoms with van der Waals surface area (Å²) in [5, 5.41) is 0. The minimum absolute atomic E-state index is 0.0792. The lowest BCUT2D eigenvalue weighted by Crippen LogP contribution is -2.30. The van der Waals surface area contributed by atoms with Gasteiger partial charge in [0.15, 0.2) is 6.10 Å². The Hall–Kier alpha value is -2.37. The first-order chi connectivity index (χ1) is 33.5. The molecule has 0 aliphatic carbocycles. The number of carbonyl (C=O) groups is 3. The van der Waals surface area contributed by atoms with E-state index in [0.717, 1.165) is 83.5 Å². The molecule has 0 saturated carbocycles. The second-order valence-corrected chi connectivity index (χ2v) is 20.2. The minimum Gasteiger partial charge on any atom is -0.462 e. The van der Waals surface area contributed by atoms with Gasteiger partial charge in [-0.15, -0.1) is 0 Å². The molecule has 0 fully saturated rings. The highest BCUT2D eigenvalue weighted by molar-refractivity contribution is 5.71. The van der Waals surface area contributed by atoms with Crippen LogP contribution in [0.15, 0.2) is 36.5 Å². The van der Waals surface area contributed by atoms with Gasteiger partial charge in [0, 0.05) is 19.3 Å². The van der Waals surface area contributed by atoms with Crippen LogP contribution in [0.3, 0.4) is 0 Å². The molecular weight excluding hydrogens is 841 g/mol. The lowest BCUT2D eigenvalue weighted by Gasteiger charge is -2.18. The van der Waals surface area contributed by atoms with Gasteiger partial charge >= 0.3 is 17.9 Å². The number of allylic oxidation sites excluding steroid dienone is 6. The topological polar surface area (TPSA) is 78.9 Å². The van der Waals surface area contributed by atoms with Gasteiger partial charge < -0.3 is 14.2 Å². The van der Waals surface area contributed by atoms with Gasteiger partial charge in [0.05, 0.1) is 0 Å². The number of hydrogen-bond acceptors (Lipinski definition) is 6. The highest BCUT2D eigenvalue weighted by Gasteiger charge is 2.19. The molecule has 6 nitrogen and oxygen atoms in total. The molecule has 1 atom stereocenters. The van der Waals surface area contributed by atoms with Crippen LogP contribution in [0.4, 0.5) is 0 Å². The quantitative estimate of drug-likeness (QED) is 0.0262. The largest absolute Gasteiger partial charge is 0.462 e. The average molecular weight is 956 g/mol. The van der Waals surface area contributed by atoms with Crippen LogP contribution in [0.2, 0.25) is 0 Å². The second kappa shape index (κ2) is 57.2. The highest BCUT2D eigenvalue weighted by Crippen LogP contribution is 2.17. The van der Waals surface area contributed by atoms with Crippen molar-refractivity contribution in [1.29, 1.82) is 0 Å². The zero-order valence-electron chi connectivity index (χ0n) is 45.6. The third-order valence-electron chi connectivity index (χ3n) is 13.4. The molecule has 6 heteroatoms. The molecule has 0 aromatic heterocycles. The van der Waals surface area contributed by atoms with Gasteiger partial charge in [0.25, 0.3) is 0 Å². The molecule has 68 heavy (non-hydrogen) atoms. The summed E-state index contributed by atoms with van der Waals surface area (Å²) in [5.41, 5.74) is 0. The van der Waals surface area contributed by atoms with Crippen LogP contribution in [-0.2, 0) is 28.6 Å². The van der Waals surface area contributed by atoms with Crippen molar-refractivity contribution in [3.05, 3.63) is 36.5 Å². The normalized spacial score (nSPS) is 12.2. The second-order valence-electron chi connectivity index (χ2n) is 20.2. The standard InChI is InChI=1S/C62H114O6/c1-4-7-10-13-16-19-22-25-26-27-28-29-30-31-32-33-34-35-38-40-43-46-49-52-55-61(64)67-58-59(68-62(65)56-53-50-47-44-41-37-24-21-18-15-12-9-6-3)57-66-60(63)54-51-48-45-42-39-36-23-20-17-14-11-8-5-2/h9,12,18,21,37,41,59H,4-8,10-11,13-17,19-20,22-36,38-40,42-58H2,1-3H3/b12-9-,21-18-,41-37-. The van der Waals surface area contributed by atoms with Gasteiger partial charge in [-0.25, -0.2) is 0 Å². The predicted molar refractivity (Wildman–Crippen MR) is 293 cm³/mol. The van der Waals surface area contributed by atoms with Gasteiger partial charge in [-0.05, 0) is 51.4 Å². The van der Waals surface area contributed by atoms with Crippen molar-refractivity contribution in [1.82, 2.24) is 0 Å². The third kappa shape index (κ3) is 54.6. The zero-order valence-corrected chi connectivity index (χ0v) is 45.6.